The highest BCUT2D eigenvalue weighted by Gasteiger charge is 2.01. The van der Waals surface area contributed by atoms with Crippen molar-refractivity contribution in [2.75, 3.05) is 6.61 Å². The fraction of sp³-hybridized carbons (Fsp3) is 0.250. The van der Waals surface area contributed by atoms with Crippen LogP contribution in [0.2, 0.25) is 0 Å². The van der Waals surface area contributed by atoms with Gasteiger partial charge in [-0.05, 0) is 24.1 Å². The van der Waals surface area contributed by atoms with E-state index < -0.39 is 0 Å². The molecule has 2 nitrogen and oxygen atoms in total. The molecule has 0 N–H and O–H groups in total. The van der Waals surface area contributed by atoms with Crippen LogP contribution in [0.4, 0.5) is 0 Å². The van der Waals surface area contributed by atoms with Crippen molar-refractivity contribution < 1.29 is 4.74 Å². The summed E-state index contributed by atoms with van der Waals surface area (Å²) in [6.07, 6.45) is 2.85. The lowest BCUT2D eigenvalue weighted by atomic mass is 10.2. The average Bonchev–Trinajstić information content (AvgIpc) is 2.80. The van der Waals surface area contributed by atoms with Gasteiger partial charge in [0, 0.05) is 6.20 Å². The molecule has 3 heteroatoms. The molecule has 0 aliphatic rings. The zero-order valence-electron chi connectivity index (χ0n) is 8.56. The number of benzene rings is 1. The summed E-state index contributed by atoms with van der Waals surface area (Å²) >= 11 is 1.52. The zero-order valence-corrected chi connectivity index (χ0v) is 9.38. The van der Waals surface area contributed by atoms with Crippen LogP contribution in [0.5, 0.6) is 5.75 Å². The second-order valence-electron chi connectivity index (χ2n) is 3.19. The molecule has 0 aliphatic heterocycles. The second-order valence-corrected chi connectivity index (χ2v) is 4.02. The first-order valence-electron chi connectivity index (χ1n) is 4.95. The molecule has 0 unspecified atom stereocenters. The molecule has 1 heterocycles. The zero-order chi connectivity index (χ0) is 10.5. The average molecular weight is 218 g/mol. The van der Waals surface area contributed by atoms with E-state index in [2.05, 4.69) is 23.5 Å². The second kappa shape index (κ2) is 4.94. The van der Waals surface area contributed by atoms with E-state index in [9.17, 15) is 0 Å². The molecule has 1 aromatic carbocycles. The Labute approximate surface area is 93.6 Å². The van der Waals surface area contributed by atoms with Crippen molar-refractivity contribution in [3.8, 4) is 16.2 Å². The van der Waals surface area contributed by atoms with Crippen LogP contribution in [-0.4, -0.2) is 11.6 Å². The van der Waals surface area contributed by atoms with Crippen molar-refractivity contribution in [3.05, 3.63) is 36.0 Å². The molecule has 1 radical (unpaired) electrons. The van der Waals surface area contributed by atoms with Gasteiger partial charge < -0.3 is 4.74 Å². The molecule has 0 spiro atoms. The van der Waals surface area contributed by atoms with Crippen LogP contribution in [0, 0.1) is 5.51 Å². The third-order valence-electron chi connectivity index (χ3n) is 1.98. The van der Waals surface area contributed by atoms with Crippen LogP contribution in [0.1, 0.15) is 13.3 Å². The molecule has 0 bridgehead atoms. The molecule has 0 saturated carbocycles. The van der Waals surface area contributed by atoms with E-state index in [1.807, 2.05) is 24.4 Å². The normalized spacial score (nSPS) is 10.2. The summed E-state index contributed by atoms with van der Waals surface area (Å²) in [6.45, 7) is 2.86. The maximum absolute atomic E-state index is 5.57. The van der Waals surface area contributed by atoms with Gasteiger partial charge in [-0.2, -0.15) is 0 Å². The summed E-state index contributed by atoms with van der Waals surface area (Å²) < 4.78 is 5.57. The number of aromatic nitrogens is 1. The Morgan fingerprint density at radius 3 is 3.13 bits per heavy atom. The monoisotopic (exact) mass is 218 g/mol. The largest absolute Gasteiger partial charge is 0.494 e. The standard InChI is InChI=1S/C12H12NOS/c1-2-6-14-11-5-3-4-10(7-11)12-8-13-9-15-12/h3-5,7-8H,2,6H2,1H3. The van der Waals surface area contributed by atoms with Gasteiger partial charge in [-0.3, -0.25) is 0 Å². The van der Waals surface area contributed by atoms with Gasteiger partial charge >= 0.3 is 0 Å². The molecule has 0 fully saturated rings. The Kier molecular flexibility index (Phi) is 3.35. The summed E-state index contributed by atoms with van der Waals surface area (Å²) in [5.41, 5.74) is 3.98. The first kappa shape index (κ1) is 10.2. The van der Waals surface area contributed by atoms with Crippen molar-refractivity contribution in [2.24, 2.45) is 0 Å². The topological polar surface area (TPSA) is 22.1 Å². The van der Waals surface area contributed by atoms with E-state index in [1.165, 1.54) is 11.3 Å². The fourth-order valence-electron chi connectivity index (χ4n) is 1.28. The third-order valence-corrected chi connectivity index (χ3v) is 2.74. The molecular formula is C12H12NOS. The first-order chi connectivity index (χ1) is 7.40. The molecule has 77 valence electrons. The van der Waals surface area contributed by atoms with Crippen LogP contribution < -0.4 is 4.74 Å². The number of hydrogen-bond acceptors (Lipinski definition) is 3. The summed E-state index contributed by atoms with van der Waals surface area (Å²) in [6, 6.07) is 8.07. The van der Waals surface area contributed by atoms with Crippen LogP contribution in [-0.2, 0) is 0 Å². The van der Waals surface area contributed by atoms with Crippen molar-refractivity contribution in [1.82, 2.24) is 4.98 Å². The lowest BCUT2D eigenvalue weighted by molar-refractivity contribution is 0.317. The van der Waals surface area contributed by atoms with Crippen molar-refractivity contribution >= 4 is 11.3 Å². The van der Waals surface area contributed by atoms with Gasteiger partial charge in [0.25, 0.3) is 0 Å². The third kappa shape index (κ3) is 2.57. The minimum absolute atomic E-state index is 0.762. The van der Waals surface area contributed by atoms with E-state index >= 15 is 0 Å². The molecule has 1 aromatic heterocycles. The minimum Gasteiger partial charge on any atom is -0.494 e. The first-order valence-corrected chi connectivity index (χ1v) is 5.77. The number of hydrogen-bond donors (Lipinski definition) is 0. The highest BCUT2D eigenvalue weighted by Crippen LogP contribution is 2.26. The lowest BCUT2D eigenvalue weighted by Gasteiger charge is -2.05. The molecule has 0 atom stereocenters. The maximum Gasteiger partial charge on any atom is 0.152 e. The van der Waals surface area contributed by atoms with E-state index in [0.29, 0.717) is 0 Å². The van der Waals surface area contributed by atoms with Gasteiger partial charge in [0.2, 0.25) is 0 Å². The van der Waals surface area contributed by atoms with E-state index in [4.69, 9.17) is 4.74 Å². The van der Waals surface area contributed by atoms with Gasteiger partial charge in [0.15, 0.2) is 5.51 Å². The minimum atomic E-state index is 0.762. The molecule has 0 amide bonds. The number of ether oxygens (including phenoxy) is 1. The molecular weight excluding hydrogens is 206 g/mol. The van der Waals surface area contributed by atoms with Gasteiger partial charge in [-0.25, -0.2) is 4.98 Å². The van der Waals surface area contributed by atoms with Gasteiger partial charge in [-0.15, -0.1) is 11.3 Å². The fourth-order valence-corrected chi connectivity index (χ4v) is 1.83. The van der Waals surface area contributed by atoms with E-state index in [-0.39, 0.29) is 0 Å². The number of thiazole rings is 1. The van der Waals surface area contributed by atoms with Crippen LogP contribution >= 0.6 is 11.3 Å². The van der Waals surface area contributed by atoms with E-state index in [1.54, 1.807) is 0 Å². The number of nitrogens with zero attached hydrogens (tertiary/aromatic N) is 1. The van der Waals surface area contributed by atoms with Crippen LogP contribution in [0.15, 0.2) is 30.5 Å². The predicted octanol–water partition coefficient (Wildman–Crippen LogP) is 3.40. The molecule has 2 aromatic rings. The van der Waals surface area contributed by atoms with Gasteiger partial charge in [-0.1, -0.05) is 19.1 Å². The Morgan fingerprint density at radius 1 is 1.47 bits per heavy atom. The molecule has 15 heavy (non-hydrogen) atoms. The summed E-state index contributed by atoms with van der Waals surface area (Å²) in [4.78, 5) is 5.07. The smallest absolute Gasteiger partial charge is 0.152 e. The predicted molar refractivity (Wildman–Crippen MR) is 62.2 cm³/mol. The number of rotatable bonds is 4. The Balaban J connectivity index is 2.19. The Morgan fingerprint density at radius 2 is 2.40 bits per heavy atom. The van der Waals surface area contributed by atoms with Gasteiger partial charge in [0.1, 0.15) is 5.75 Å². The van der Waals surface area contributed by atoms with Crippen molar-refractivity contribution in [3.63, 3.8) is 0 Å². The highest BCUT2D eigenvalue weighted by molar-refractivity contribution is 7.12. The van der Waals surface area contributed by atoms with Crippen LogP contribution in [0.3, 0.4) is 0 Å². The molecule has 2 rings (SSSR count). The maximum atomic E-state index is 5.57. The van der Waals surface area contributed by atoms with Crippen molar-refractivity contribution in [2.45, 2.75) is 13.3 Å². The Bertz CT molecular complexity index is 411. The molecule has 0 aliphatic carbocycles. The van der Waals surface area contributed by atoms with E-state index in [0.717, 1.165) is 29.2 Å². The quantitative estimate of drug-likeness (QED) is 0.784. The summed E-state index contributed by atoms with van der Waals surface area (Å²) in [5.74, 6) is 0.919. The summed E-state index contributed by atoms with van der Waals surface area (Å²) in [7, 11) is 0. The summed E-state index contributed by atoms with van der Waals surface area (Å²) in [5, 5.41) is 0. The molecule has 0 saturated heterocycles. The SMILES string of the molecule is CCCOc1cccc(-c2cn[c]s2)c1. The van der Waals surface area contributed by atoms with Gasteiger partial charge in [0.05, 0.1) is 11.5 Å². The highest BCUT2D eigenvalue weighted by atomic mass is 32.1. The lowest BCUT2D eigenvalue weighted by Crippen LogP contribution is -1.94. The van der Waals surface area contributed by atoms with Crippen LogP contribution in [0.25, 0.3) is 10.4 Å². The Hall–Kier alpha value is -1.35. The van der Waals surface area contributed by atoms with Crippen molar-refractivity contribution in [1.29, 1.82) is 0 Å².